The first-order valence-corrected chi connectivity index (χ1v) is 7.82. The third kappa shape index (κ3) is 3.04. The summed E-state index contributed by atoms with van der Waals surface area (Å²) in [6.45, 7) is -0.374. The van der Waals surface area contributed by atoms with E-state index in [9.17, 15) is 18.0 Å². The van der Waals surface area contributed by atoms with E-state index in [1.54, 1.807) is 36.4 Å². The Bertz CT molecular complexity index is 837. The Kier molecular flexibility index (Phi) is 4.93. The summed E-state index contributed by atoms with van der Waals surface area (Å²) in [6, 6.07) is 10.2. The van der Waals surface area contributed by atoms with Gasteiger partial charge in [-0.25, -0.2) is 0 Å². The fourth-order valence-corrected chi connectivity index (χ4v) is 2.90. The Hall–Kier alpha value is -0.990. The van der Waals surface area contributed by atoms with Gasteiger partial charge in [-0.05, 0) is 17.5 Å². The molecule has 0 fully saturated rings. The normalized spacial score (nSPS) is 14.1. The fraction of sp³-hybridized carbons (Fsp3) is 0.143. The summed E-state index contributed by atoms with van der Waals surface area (Å²) < 4.78 is 30.5. The first kappa shape index (κ1) is 17.4. The number of carbonyl (C=O) groups is 2. The van der Waals surface area contributed by atoms with E-state index in [-0.39, 0.29) is 47.1 Å². The van der Waals surface area contributed by atoms with Gasteiger partial charge in [0.05, 0.1) is 5.75 Å². The predicted molar refractivity (Wildman–Crippen MR) is 83.7 cm³/mol. The summed E-state index contributed by atoms with van der Waals surface area (Å²) in [4.78, 5) is 25.6. The molecule has 2 aromatic carbocycles. The number of imide groups is 1. The second-order valence-electron chi connectivity index (χ2n) is 4.76. The van der Waals surface area contributed by atoms with Gasteiger partial charge >= 0.3 is 37.7 Å². The molecule has 22 heavy (non-hydrogen) atoms. The minimum Gasteiger partial charge on any atom is -1.00 e. The Morgan fingerprint density at radius 1 is 1.00 bits per heavy atom. The summed E-state index contributed by atoms with van der Waals surface area (Å²) in [5.74, 6) is -1.77. The summed E-state index contributed by atoms with van der Waals surface area (Å²) in [6.07, 6.45) is 0. The molecule has 1 heterocycles. The number of hydrogen-bond acceptors (Lipinski definition) is 4. The molecule has 1 aliphatic heterocycles. The maximum absolute atomic E-state index is 12.4. The van der Waals surface area contributed by atoms with Crippen LogP contribution in [-0.4, -0.2) is 79.7 Å². The van der Waals surface area contributed by atoms with Crippen LogP contribution in [-0.2, 0) is 10.1 Å². The van der Waals surface area contributed by atoms with E-state index < -0.39 is 27.7 Å². The SMILES string of the molecule is O=C1c2cccc3cccc(c23)C(=O)N1CCS(=O)(=O)O.[Ca+2].[H-].[H-]. The van der Waals surface area contributed by atoms with Crippen molar-refractivity contribution in [2.24, 2.45) is 0 Å². The molecule has 0 spiro atoms. The monoisotopic (exact) mass is 347 g/mol. The van der Waals surface area contributed by atoms with E-state index in [0.717, 1.165) is 10.3 Å². The van der Waals surface area contributed by atoms with E-state index in [2.05, 4.69) is 0 Å². The zero-order valence-electron chi connectivity index (χ0n) is 13.5. The molecule has 0 unspecified atom stereocenters. The molecule has 2 aromatic rings. The predicted octanol–water partition coefficient (Wildman–Crippen LogP) is 1.17. The van der Waals surface area contributed by atoms with Crippen LogP contribution >= 0.6 is 0 Å². The molecule has 1 N–H and O–H groups in total. The molecular formula is C14H13CaNO5S. The van der Waals surface area contributed by atoms with Crippen molar-refractivity contribution in [2.45, 2.75) is 0 Å². The summed E-state index contributed by atoms with van der Waals surface area (Å²) >= 11 is 0. The molecule has 0 saturated carbocycles. The minimum absolute atomic E-state index is 0. The number of benzene rings is 2. The smallest absolute Gasteiger partial charge is 1.00 e. The molecular weight excluding hydrogens is 334 g/mol. The summed E-state index contributed by atoms with van der Waals surface area (Å²) in [5, 5.41) is 1.36. The van der Waals surface area contributed by atoms with Crippen molar-refractivity contribution < 1.29 is 25.4 Å². The molecule has 112 valence electrons. The molecule has 0 saturated heterocycles. The van der Waals surface area contributed by atoms with Crippen molar-refractivity contribution in [3.05, 3.63) is 47.5 Å². The van der Waals surface area contributed by atoms with Crippen molar-refractivity contribution in [2.75, 3.05) is 12.3 Å². The molecule has 8 heteroatoms. The van der Waals surface area contributed by atoms with Crippen LogP contribution in [0.1, 0.15) is 23.6 Å². The summed E-state index contributed by atoms with van der Waals surface area (Å²) in [7, 11) is -4.25. The third-order valence-electron chi connectivity index (χ3n) is 3.43. The third-order valence-corrected chi connectivity index (χ3v) is 4.13. The van der Waals surface area contributed by atoms with Crippen LogP contribution in [0, 0.1) is 0 Å². The van der Waals surface area contributed by atoms with Gasteiger partial charge in [-0.15, -0.1) is 0 Å². The fourth-order valence-electron chi connectivity index (χ4n) is 2.49. The summed E-state index contributed by atoms with van der Waals surface area (Å²) in [5.41, 5.74) is 0.719. The molecule has 0 radical (unpaired) electrons. The van der Waals surface area contributed by atoms with Crippen molar-refractivity contribution in [3.63, 3.8) is 0 Å². The van der Waals surface area contributed by atoms with E-state index in [4.69, 9.17) is 4.55 Å². The average molecular weight is 347 g/mol. The molecule has 1 aliphatic rings. The zero-order chi connectivity index (χ0) is 15.2. The Morgan fingerprint density at radius 3 is 1.95 bits per heavy atom. The Labute approximate surface area is 159 Å². The first-order chi connectivity index (χ1) is 9.88. The Balaban J connectivity index is 0.00000176. The molecule has 0 bridgehead atoms. The van der Waals surface area contributed by atoms with Gasteiger partial charge in [0.25, 0.3) is 21.9 Å². The van der Waals surface area contributed by atoms with Gasteiger partial charge < -0.3 is 2.85 Å². The number of rotatable bonds is 3. The molecule has 6 nitrogen and oxygen atoms in total. The van der Waals surface area contributed by atoms with Gasteiger partial charge in [0, 0.05) is 23.1 Å². The van der Waals surface area contributed by atoms with Crippen LogP contribution in [0.3, 0.4) is 0 Å². The van der Waals surface area contributed by atoms with Crippen molar-refractivity contribution in [1.82, 2.24) is 4.90 Å². The van der Waals surface area contributed by atoms with Crippen LogP contribution in [0.4, 0.5) is 0 Å². The van der Waals surface area contributed by atoms with Crippen LogP contribution in [0.2, 0.25) is 0 Å². The van der Waals surface area contributed by atoms with E-state index >= 15 is 0 Å². The van der Waals surface area contributed by atoms with Gasteiger partial charge in [0.2, 0.25) is 0 Å². The van der Waals surface area contributed by atoms with E-state index in [0.29, 0.717) is 16.5 Å². The maximum Gasteiger partial charge on any atom is 2.00 e. The second kappa shape index (κ2) is 6.25. The van der Waals surface area contributed by atoms with Crippen molar-refractivity contribution in [1.29, 1.82) is 0 Å². The molecule has 0 atom stereocenters. The topological polar surface area (TPSA) is 91.8 Å². The number of amides is 2. The van der Waals surface area contributed by atoms with Gasteiger partial charge in [-0.3, -0.25) is 19.0 Å². The maximum atomic E-state index is 12.4. The van der Waals surface area contributed by atoms with E-state index in [1.807, 2.05) is 0 Å². The molecule has 2 amide bonds. The Morgan fingerprint density at radius 2 is 1.50 bits per heavy atom. The molecule has 3 rings (SSSR count). The molecule has 0 aliphatic carbocycles. The number of nitrogens with zero attached hydrogens (tertiary/aromatic N) is 1. The van der Waals surface area contributed by atoms with Crippen LogP contribution < -0.4 is 0 Å². The first-order valence-electron chi connectivity index (χ1n) is 6.21. The standard InChI is InChI=1S/C14H11NO5S.Ca.2H/c16-13-10-5-1-3-9-4-2-6-11(12(9)10)14(17)15(13)7-8-21(18,19)20;;;/h1-6H,7-8H2,(H,18,19,20);;;/q;+2;2*-1. The van der Waals surface area contributed by atoms with Crippen LogP contribution in [0.15, 0.2) is 36.4 Å². The largest absolute Gasteiger partial charge is 2.00 e. The number of hydrogen-bond donors (Lipinski definition) is 1. The second-order valence-corrected chi connectivity index (χ2v) is 6.33. The van der Waals surface area contributed by atoms with Crippen LogP contribution in [0.25, 0.3) is 10.8 Å². The number of carbonyl (C=O) groups excluding carboxylic acids is 2. The molecule has 0 aromatic heterocycles. The van der Waals surface area contributed by atoms with Gasteiger partial charge in [0.1, 0.15) is 0 Å². The zero-order valence-corrected chi connectivity index (χ0v) is 14.5. The van der Waals surface area contributed by atoms with Crippen LogP contribution in [0.5, 0.6) is 0 Å². The average Bonchev–Trinajstić information content (AvgIpc) is 2.43. The van der Waals surface area contributed by atoms with E-state index in [1.165, 1.54) is 0 Å². The van der Waals surface area contributed by atoms with Crippen molar-refractivity contribution in [3.8, 4) is 0 Å². The van der Waals surface area contributed by atoms with Crippen molar-refractivity contribution >= 4 is 70.4 Å². The quantitative estimate of drug-likeness (QED) is 0.511. The van der Waals surface area contributed by atoms with Gasteiger partial charge in [-0.2, -0.15) is 8.42 Å². The van der Waals surface area contributed by atoms with Gasteiger partial charge in [0.15, 0.2) is 0 Å². The minimum atomic E-state index is -4.25. The van der Waals surface area contributed by atoms with Gasteiger partial charge in [-0.1, -0.05) is 24.3 Å².